The van der Waals surface area contributed by atoms with Gasteiger partial charge in [-0.15, -0.1) is 24.0 Å². The number of nitrogens with zero attached hydrogens (tertiary/aromatic N) is 3. The minimum Gasteiger partial charge on any atom is -0.376 e. The highest BCUT2D eigenvalue weighted by atomic mass is 127. The number of nitro groups is 1. The van der Waals surface area contributed by atoms with Crippen molar-refractivity contribution in [2.75, 3.05) is 39.9 Å². The Labute approximate surface area is 201 Å². The van der Waals surface area contributed by atoms with Crippen molar-refractivity contribution < 1.29 is 14.4 Å². The van der Waals surface area contributed by atoms with Crippen LogP contribution in [0.15, 0.2) is 29.3 Å². The van der Waals surface area contributed by atoms with Crippen molar-refractivity contribution in [3.63, 3.8) is 0 Å². The Hall–Kier alpha value is -1.46. The predicted molar refractivity (Wildman–Crippen MR) is 132 cm³/mol. The number of benzene rings is 1. The minimum atomic E-state index is -0.363. The number of nitrogens with one attached hydrogen (secondary N) is 1. The number of ether oxygens (including phenoxy) is 2. The lowest BCUT2D eigenvalue weighted by atomic mass is 10.1. The van der Waals surface area contributed by atoms with Crippen molar-refractivity contribution in [2.45, 2.75) is 57.2 Å². The Bertz CT molecular complexity index is 687. The molecule has 31 heavy (non-hydrogen) atoms. The first-order chi connectivity index (χ1) is 14.7. The van der Waals surface area contributed by atoms with Gasteiger partial charge in [0.05, 0.1) is 23.7 Å². The van der Waals surface area contributed by atoms with E-state index in [1.165, 1.54) is 0 Å². The molecule has 2 heterocycles. The second-order valence-corrected chi connectivity index (χ2v) is 8.01. The van der Waals surface area contributed by atoms with E-state index in [2.05, 4.69) is 15.2 Å². The molecule has 2 fully saturated rings. The number of rotatable bonds is 9. The van der Waals surface area contributed by atoms with Crippen LogP contribution in [0, 0.1) is 10.1 Å². The molecule has 2 saturated heterocycles. The van der Waals surface area contributed by atoms with Crippen molar-refractivity contribution in [3.8, 4) is 0 Å². The number of halogens is 1. The summed E-state index contributed by atoms with van der Waals surface area (Å²) in [5.74, 6) is 0.961. The minimum absolute atomic E-state index is 0. The average molecular weight is 546 g/mol. The number of nitro benzene ring substituents is 1. The molecular formula is C22H35IN4O4. The standard InChI is InChI=1S/C22H34N4O4.HI/c1-23-22(24-13-3-2-5-18-7-9-19(10-8-18)26(27)28)25-14-11-20(12-15-25)30-17-21-6-4-16-29-21;/h7-10,20-21H,2-6,11-17H2,1H3,(H,23,24);1H. The SMILES string of the molecule is CN=C(NCCCCc1ccc([N+](=O)[O-])cc1)N1CCC(OCC2CCCO2)CC1.I. The molecule has 0 amide bonds. The molecule has 0 radical (unpaired) electrons. The molecule has 2 aliphatic heterocycles. The summed E-state index contributed by atoms with van der Waals surface area (Å²) in [6, 6.07) is 6.83. The second kappa shape index (κ2) is 13.8. The molecule has 1 unspecified atom stereocenters. The Morgan fingerprint density at radius 1 is 1.26 bits per heavy atom. The van der Waals surface area contributed by atoms with E-state index < -0.39 is 0 Å². The number of piperidine rings is 1. The average Bonchev–Trinajstić information content (AvgIpc) is 3.29. The number of aryl methyl sites for hydroxylation is 1. The fourth-order valence-corrected chi connectivity index (χ4v) is 4.02. The Morgan fingerprint density at radius 3 is 2.61 bits per heavy atom. The molecule has 0 spiro atoms. The topological polar surface area (TPSA) is 89.2 Å². The summed E-state index contributed by atoms with van der Waals surface area (Å²) in [4.78, 5) is 17.1. The number of aliphatic imine (C=N–C) groups is 1. The summed E-state index contributed by atoms with van der Waals surface area (Å²) in [6.45, 7) is 4.39. The Morgan fingerprint density at radius 2 is 2.00 bits per heavy atom. The second-order valence-electron chi connectivity index (χ2n) is 8.01. The van der Waals surface area contributed by atoms with E-state index in [-0.39, 0.29) is 34.6 Å². The van der Waals surface area contributed by atoms with Gasteiger partial charge in [0, 0.05) is 45.4 Å². The van der Waals surface area contributed by atoms with Crippen LogP contribution >= 0.6 is 24.0 Å². The summed E-state index contributed by atoms with van der Waals surface area (Å²) in [5, 5.41) is 14.2. The Kier molecular flexibility index (Phi) is 11.5. The van der Waals surface area contributed by atoms with Gasteiger partial charge in [0.1, 0.15) is 0 Å². The van der Waals surface area contributed by atoms with Crippen LogP contribution in [0.4, 0.5) is 5.69 Å². The number of likely N-dealkylation sites (tertiary alicyclic amines) is 1. The molecule has 3 rings (SSSR count). The first kappa shape index (κ1) is 25.8. The molecule has 9 heteroatoms. The van der Waals surface area contributed by atoms with Gasteiger partial charge in [0.2, 0.25) is 0 Å². The highest BCUT2D eigenvalue weighted by Gasteiger charge is 2.24. The first-order valence-corrected chi connectivity index (χ1v) is 11.1. The molecule has 1 aromatic carbocycles. The van der Waals surface area contributed by atoms with E-state index in [0.717, 1.165) is 89.3 Å². The lowest BCUT2D eigenvalue weighted by Gasteiger charge is -2.34. The smallest absolute Gasteiger partial charge is 0.269 e. The maximum Gasteiger partial charge on any atom is 0.269 e. The first-order valence-electron chi connectivity index (χ1n) is 11.1. The quantitative estimate of drug-likeness (QED) is 0.127. The lowest BCUT2D eigenvalue weighted by Crippen LogP contribution is -2.47. The number of hydrogen-bond donors (Lipinski definition) is 1. The lowest BCUT2D eigenvalue weighted by molar-refractivity contribution is -0.384. The zero-order valence-corrected chi connectivity index (χ0v) is 20.7. The van der Waals surface area contributed by atoms with E-state index in [9.17, 15) is 10.1 Å². The normalized spacial score (nSPS) is 19.8. The zero-order valence-electron chi connectivity index (χ0n) is 18.3. The van der Waals surface area contributed by atoms with Crippen molar-refractivity contribution >= 4 is 35.6 Å². The van der Waals surface area contributed by atoms with Crippen LogP contribution in [-0.2, 0) is 15.9 Å². The summed E-state index contributed by atoms with van der Waals surface area (Å²) < 4.78 is 11.7. The molecule has 0 bridgehead atoms. The van der Waals surface area contributed by atoms with Crippen molar-refractivity contribution in [1.82, 2.24) is 10.2 Å². The van der Waals surface area contributed by atoms with Crippen molar-refractivity contribution in [2.24, 2.45) is 4.99 Å². The maximum absolute atomic E-state index is 10.7. The van der Waals surface area contributed by atoms with E-state index in [0.29, 0.717) is 12.2 Å². The number of guanidine groups is 1. The van der Waals surface area contributed by atoms with Crippen LogP contribution in [0.3, 0.4) is 0 Å². The number of non-ortho nitro benzene ring substituents is 1. The van der Waals surface area contributed by atoms with Gasteiger partial charge in [-0.1, -0.05) is 12.1 Å². The van der Waals surface area contributed by atoms with Crippen LogP contribution < -0.4 is 5.32 Å². The highest BCUT2D eigenvalue weighted by molar-refractivity contribution is 14.0. The van der Waals surface area contributed by atoms with Crippen LogP contribution in [-0.4, -0.2) is 67.9 Å². The van der Waals surface area contributed by atoms with Crippen LogP contribution in [0.2, 0.25) is 0 Å². The number of hydrogen-bond acceptors (Lipinski definition) is 5. The summed E-state index contributed by atoms with van der Waals surface area (Å²) >= 11 is 0. The molecule has 174 valence electrons. The fraction of sp³-hybridized carbons (Fsp3) is 0.682. The van der Waals surface area contributed by atoms with Crippen LogP contribution in [0.25, 0.3) is 0 Å². The summed E-state index contributed by atoms with van der Waals surface area (Å²) in [5.41, 5.74) is 1.28. The molecule has 1 atom stereocenters. The van der Waals surface area contributed by atoms with Gasteiger partial charge in [-0.25, -0.2) is 0 Å². The third-order valence-electron chi connectivity index (χ3n) is 5.82. The van der Waals surface area contributed by atoms with E-state index in [1.54, 1.807) is 12.1 Å². The van der Waals surface area contributed by atoms with Crippen LogP contribution in [0.5, 0.6) is 0 Å². The maximum atomic E-state index is 10.7. The summed E-state index contributed by atoms with van der Waals surface area (Å²) in [6.07, 6.45) is 7.92. The molecule has 0 aromatic heterocycles. The summed E-state index contributed by atoms with van der Waals surface area (Å²) in [7, 11) is 1.83. The highest BCUT2D eigenvalue weighted by Crippen LogP contribution is 2.18. The van der Waals surface area contributed by atoms with E-state index >= 15 is 0 Å². The predicted octanol–water partition coefficient (Wildman–Crippen LogP) is 3.77. The van der Waals surface area contributed by atoms with Gasteiger partial charge in [0.15, 0.2) is 5.96 Å². The van der Waals surface area contributed by atoms with Gasteiger partial charge < -0.3 is 19.7 Å². The van der Waals surface area contributed by atoms with Gasteiger partial charge in [0.25, 0.3) is 5.69 Å². The van der Waals surface area contributed by atoms with Gasteiger partial charge in [-0.3, -0.25) is 15.1 Å². The monoisotopic (exact) mass is 546 g/mol. The Balaban J connectivity index is 0.00000341. The van der Waals surface area contributed by atoms with Crippen molar-refractivity contribution in [1.29, 1.82) is 0 Å². The molecule has 8 nitrogen and oxygen atoms in total. The zero-order chi connectivity index (χ0) is 21.2. The third kappa shape index (κ3) is 8.53. The molecule has 0 aliphatic carbocycles. The molecule has 1 aromatic rings. The molecule has 0 saturated carbocycles. The molecule has 1 N–H and O–H groups in total. The van der Waals surface area contributed by atoms with Gasteiger partial charge in [-0.2, -0.15) is 0 Å². The largest absolute Gasteiger partial charge is 0.376 e. The molecular weight excluding hydrogens is 511 g/mol. The molecule has 2 aliphatic rings. The van der Waals surface area contributed by atoms with Gasteiger partial charge in [-0.05, 0) is 50.5 Å². The van der Waals surface area contributed by atoms with Crippen molar-refractivity contribution in [3.05, 3.63) is 39.9 Å². The van der Waals surface area contributed by atoms with E-state index in [1.807, 2.05) is 19.2 Å². The van der Waals surface area contributed by atoms with E-state index in [4.69, 9.17) is 9.47 Å². The van der Waals surface area contributed by atoms with Crippen LogP contribution in [0.1, 0.15) is 44.1 Å². The van der Waals surface area contributed by atoms with Gasteiger partial charge >= 0.3 is 0 Å². The number of unbranched alkanes of at least 4 members (excludes halogenated alkanes) is 1. The third-order valence-corrected chi connectivity index (χ3v) is 5.82. The fourth-order valence-electron chi connectivity index (χ4n) is 4.02.